The molecular weight excluding hydrogens is 158 g/mol. The lowest BCUT2D eigenvalue weighted by atomic mass is 9.91. The van der Waals surface area contributed by atoms with Crippen LogP contribution in [-0.4, -0.2) is 6.04 Å². The van der Waals surface area contributed by atoms with Crippen molar-refractivity contribution in [1.82, 2.24) is 0 Å². The van der Waals surface area contributed by atoms with Gasteiger partial charge in [-0.15, -0.1) is 0 Å². The van der Waals surface area contributed by atoms with E-state index in [9.17, 15) is 0 Å². The summed E-state index contributed by atoms with van der Waals surface area (Å²) < 4.78 is 0. The van der Waals surface area contributed by atoms with Crippen molar-refractivity contribution in [1.29, 1.82) is 0 Å². The van der Waals surface area contributed by atoms with Gasteiger partial charge in [-0.2, -0.15) is 0 Å². The molecule has 78 valence electrons. The zero-order valence-corrected chi connectivity index (χ0v) is 9.26. The summed E-state index contributed by atoms with van der Waals surface area (Å²) in [6.45, 7) is 4.61. The molecule has 2 N–H and O–H groups in total. The van der Waals surface area contributed by atoms with Crippen molar-refractivity contribution >= 4 is 0 Å². The first-order chi connectivity index (χ1) is 6.25. The van der Waals surface area contributed by atoms with Gasteiger partial charge in [0.15, 0.2) is 0 Å². The molecule has 1 aliphatic rings. The SMILES string of the molecule is CCCCCCC1CCC(N)C1C. The quantitative estimate of drug-likeness (QED) is 0.650. The fourth-order valence-corrected chi connectivity index (χ4v) is 2.52. The van der Waals surface area contributed by atoms with Gasteiger partial charge in [0.05, 0.1) is 0 Å². The van der Waals surface area contributed by atoms with Crippen molar-refractivity contribution in [3.63, 3.8) is 0 Å². The van der Waals surface area contributed by atoms with Crippen LogP contribution in [0.5, 0.6) is 0 Å². The number of hydrogen-bond acceptors (Lipinski definition) is 1. The first-order valence-corrected chi connectivity index (χ1v) is 6.01. The average molecular weight is 183 g/mol. The summed E-state index contributed by atoms with van der Waals surface area (Å²) in [5.74, 6) is 1.72. The van der Waals surface area contributed by atoms with E-state index in [0.717, 1.165) is 11.8 Å². The van der Waals surface area contributed by atoms with E-state index in [1.807, 2.05) is 0 Å². The summed E-state index contributed by atoms with van der Waals surface area (Å²) in [7, 11) is 0. The molecule has 0 saturated heterocycles. The van der Waals surface area contributed by atoms with E-state index < -0.39 is 0 Å². The monoisotopic (exact) mass is 183 g/mol. The molecule has 1 aliphatic carbocycles. The summed E-state index contributed by atoms with van der Waals surface area (Å²) in [6, 6.07) is 0.496. The number of rotatable bonds is 5. The molecule has 0 aliphatic heterocycles. The van der Waals surface area contributed by atoms with Crippen LogP contribution >= 0.6 is 0 Å². The van der Waals surface area contributed by atoms with Crippen LogP contribution in [0.2, 0.25) is 0 Å². The third kappa shape index (κ3) is 3.30. The van der Waals surface area contributed by atoms with Gasteiger partial charge >= 0.3 is 0 Å². The summed E-state index contributed by atoms with van der Waals surface area (Å²) >= 11 is 0. The van der Waals surface area contributed by atoms with Crippen LogP contribution in [0.1, 0.15) is 58.8 Å². The highest BCUT2D eigenvalue weighted by Crippen LogP contribution is 2.34. The Bertz CT molecular complexity index is 133. The maximum absolute atomic E-state index is 6.00. The van der Waals surface area contributed by atoms with Gasteiger partial charge in [-0.05, 0) is 24.7 Å². The standard InChI is InChI=1S/C12H25N/c1-3-4-5-6-7-11-8-9-12(13)10(11)2/h10-12H,3-9,13H2,1-2H3. The Hall–Kier alpha value is -0.0400. The van der Waals surface area contributed by atoms with Crippen LogP contribution in [0.25, 0.3) is 0 Å². The highest BCUT2D eigenvalue weighted by Gasteiger charge is 2.29. The molecule has 0 radical (unpaired) electrons. The Morgan fingerprint density at radius 3 is 2.46 bits per heavy atom. The van der Waals surface area contributed by atoms with Crippen LogP contribution in [0, 0.1) is 11.8 Å². The lowest BCUT2D eigenvalue weighted by molar-refractivity contribution is 0.356. The third-order valence-corrected chi connectivity index (χ3v) is 3.72. The molecular formula is C12H25N. The Labute approximate surface area is 83.1 Å². The zero-order chi connectivity index (χ0) is 9.68. The van der Waals surface area contributed by atoms with Crippen molar-refractivity contribution in [2.75, 3.05) is 0 Å². The van der Waals surface area contributed by atoms with Crippen LogP contribution in [0.3, 0.4) is 0 Å². The first kappa shape index (κ1) is 11.0. The summed E-state index contributed by atoms with van der Waals surface area (Å²) in [4.78, 5) is 0. The van der Waals surface area contributed by atoms with Crippen LogP contribution in [-0.2, 0) is 0 Å². The molecule has 1 saturated carbocycles. The molecule has 0 spiro atoms. The maximum atomic E-state index is 6.00. The molecule has 1 fully saturated rings. The smallest absolute Gasteiger partial charge is 0.00672 e. The largest absolute Gasteiger partial charge is 0.327 e. The Morgan fingerprint density at radius 1 is 1.15 bits per heavy atom. The van der Waals surface area contributed by atoms with E-state index in [1.165, 1.54) is 44.9 Å². The molecule has 1 rings (SSSR count). The summed E-state index contributed by atoms with van der Waals surface area (Å²) in [5.41, 5.74) is 6.00. The number of nitrogens with two attached hydrogens (primary N) is 1. The Morgan fingerprint density at radius 2 is 1.92 bits per heavy atom. The molecule has 0 aromatic heterocycles. The molecule has 1 nitrogen and oxygen atoms in total. The molecule has 13 heavy (non-hydrogen) atoms. The van der Waals surface area contributed by atoms with Gasteiger partial charge in [-0.1, -0.05) is 46.0 Å². The van der Waals surface area contributed by atoms with Gasteiger partial charge in [-0.25, -0.2) is 0 Å². The van der Waals surface area contributed by atoms with E-state index in [-0.39, 0.29) is 0 Å². The van der Waals surface area contributed by atoms with Crippen molar-refractivity contribution in [3.05, 3.63) is 0 Å². The predicted octanol–water partition coefficient (Wildman–Crippen LogP) is 3.33. The highest BCUT2D eigenvalue weighted by molar-refractivity contribution is 4.84. The molecule has 0 bridgehead atoms. The minimum atomic E-state index is 0.496. The Balaban J connectivity index is 2.08. The fourth-order valence-electron chi connectivity index (χ4n) is 2.52. The van der Waals surface area contributed by atoms with Crippen molar-refractivity contribution < 1.29 is 0 Å². The fraction of sp³-hybridized carbons (Fsp3) is 1.00. The third-order valence-electron chi connectivity index (χ3n) is 3.72. The second-order valence-corrected chi connectivity index (χ2v) is 4.71. The summed E-state index contributed by atoms with van der Waals surface area (Å²) in [5, 5.41) is 0. The van der Waals surface area contributed by atoms with Crippen molar-refractivity contribution in [2.45, 2.75) is 64.8 Å². The molecule has 3 unspecified atom stereocenters. The van der Waals surface area contributed by atoms with E-state index in [1.54, 1.807) is 0 Å². The molecule has 0 heterocycles. The number of unbranched alkanes of at least 4 members (excludes halogenated alkanes) is 3. The second kappa shape index (κ2) is 5.64. The molecule has 0 amide bonds. The predicted molar refractivity (Wildman–Crippen MR) is 58.6 cm³/mol. The first-order valence-electron chi connectivity index (χ1n) is 6.01. The van der Waals surface area contributed by atoms with Crippen LogP contribution < -0.4 is 5.73 Å². The van der Waals surface area contributed by atoms with E-state index in [2.05, 4.69) is 13.8 Å². The maximum Gasteiger partial charge on any atom is 0.00672 e. The van der Waals surface area contributed by atoms with Crippen LogP contribution in [0.15, 0.2) is 0 Å². The van der Waals surface area contributed by atoms with Crippen LogP contribution in [0.4, 0.5) is 0 Å². The van der Waals surface area contributed by atoms with Crippen molar-refractivity contribution in [2.24, 2.45) is 17.6 Å². The highest BCUT2D eigenvalue weighted by atomic mass is 14.7. The average Bonchev–Trinajstić information content (AvgIpc) is 2.43. The molecule has 0 aromatic rings. The minimum Gasteiger partial charge on any atom is -0.327 e. The minimum absolute atomic E-state index is 0.496. The Kier molecular flexibility index (Phi) is 4.79. The van der Waals surface area contributed by atoms with Gasteiger partial charge in [0.2, 0.25) is 0 Å². The van der Waals surface area contributed by atoms with E-state index in [4.69, 9.17) is 5.73 Å². The van der Waals surface area contributed by atoms with E-state index in [0.29, 0.717) is 6.04 Å². The lowest BCUT2D eigenvalue weighted by Gasteiger charge is -2.17. The second-order valence-electron chi connectivity index (χ2n) is 4.71. The van der Waals surface area contributed by atoms with Crippen molar-refractivity contribution in [3.8, 4) is 0 Å². The normalized spacial score (nSPS) is 33.9. The van der Waals surface area contributed by atoms with Gasteiger partial charge in [0.25, 0.3) is 0 Å². The zero-order valence-electron chi connectivity index (χ0n) is 9.26. The van der Waals surface area contributed by atoms with Gasteiger partial charge < -0.3 is 5.73 Å². The lowest BCUT2D eigenvalue weighted by Crippen LogP contribution is -2.25. The summed E-state index contributed by atoms with van der Waals surface area (Å²) in [6.07, 6.45) is 9.68. The van der Waals surface area contributed by atoms with Gasteiger partial charge in [0, 0.05) is 6.04 Å². The van der Waals surface area contributed by atoms with Gasteiger partial charge in [0.1, 0.15) is 0 Å². The molecule has 0 aromatic carbocycles. The number of hydrogen-bond donors (Lipinski definition) is 1. The van der Waals surface area contributed by atoms with Gasteiger partial charge in [-0.3, -0.25) is 0 Å². The van der Waals surface area contributed by atoms with E-state index >= 15 is 0 Å². The molecule has 1 heteroatoms. The molecule has 3 atom stereocenters. The topological polar surface area (TPSA) is 26.0 Å².